The van der Waals surface area contributed by atoms with Crippen LogP contribution in [0.3, 0.4) is 0 Å². The number of nitrogens with one attached hydrogen (secondary N) is 3. The molecule has 48 heavy (non-hydrogen) atoms. The maximum atomic E-state index is 11.7. The standard InChI is InChI=1S/C18H41N7.C16H23N3O4/c19-17(20)24-15-11-7-3-1-5-9-13-23-14-10-6-2-4-8-12-16-25-18(21)22;1-2-22-15(21)12-7-9-13(10-8-12)23-14(20)6-4-3-5-11-19-16(17)18/h23H,1-16H2,(H4,19,20,24)(H4,21,22,25);7-10H,2-6,11H2,1H3,(H4,17,18,19). The van der Waals surface area contributed by atoms with Gasteiger partial charge in [0.2, 0.25) is 0 Å². The number of benzene rings is 1. The van der Waals surface area contributed by atoms with Crippen LogP contribution in [0.1, 0.15) is 120 Å². The van der Waals surface area contributed by atoms with Crippen molar-refractivity contribution in [3.8, 4) is 5.75 Å². The Labute approximate surface area is 287 Å². The number of carbonyl (C=O) groups excluding carboxylic acids is 2. The topological polar surface area (TPSA) is 255 Å². The minimum Gasteiger partial charge on any atom is -0.462 e. The van der Waals surface area contributed by atoms with Crippen molar-refractivity contribution < 1.29 is 19.1 Å². The average Bonchev–Trinajstić information content (AvgIpc) is 3.04. The van der Waals surface area contributed by atoms with Crippen LogP contribution in [-0.4, -0.2) is 69.1 Å². The molecule has 0 amide bonds. The highest BCUT2D eigenvalue weighted by Gasteiger charge is 2.08. The number of aliphatic imine (C=N–C) groups is 2. The van der Waals surface area contributed by atoms with Gasteiger partial charge in [0.05, 0.1) is 12.2 Å². The molecule has 0 aliphatic heterocycles. The summed E-state index contributed by atoms with van der Waals surface area (Å²) in [5, 5.41) is 13.4. The van der Waals surface area contributed by atoms with Crippen LogP contribution in [0.2, 0.25) is 0 Å². The second kappa shape index (κ2) is 31.5. The van der Waals surface area contributed by atoms with E-state index < -0.39 is 5.97 Å². The van der Waals surface area contributed by atoms with Gasteiger partial charge in [-0.25, -0.2) is 4.79 Å². The largest absolute Gasteiger partial charge is 0.462 e. The number of ether oxygens (including phenoxy) is 2. The third-order valence-corrected chi connectivity index (χ3v) is 7.08. The maximum Gasteiger partial charge on any atom is 0.338 e. The number of unbranched alkanes of at least 4 members (excludes halogenated alkanes) is 12. The van der Waals surface area contributed by atoms with Gasteiger partial charge >= 0.3 is 11.9 Å². The fraction of sp³-hybridized carbons (Fsp3) is 0.676. The van der Waals surface area contributed by atoms with Crippen molar-refractivity contribution in [3.05, 3.63) is 29.8 Å². The average molecular weight is 677 g/mol. The van der Waals surface area contributed by atoms with E-state index in [1.165, 1.54) is 64.2 Å². The molecule has 0 atom stereocenters. The summed E-state index contributed by atoms with van der Waals surface area (Å²) in [5.74, 6) is 0.0584. The van der Waals surface area contributed by atoms with Crippen molar-refractivity contribution in [2.24, 2.45) is 38.7 Å². The third-order valence-electron chi connectivity index (χ3n) is 7.08. The first-order valence-electron chi connectivity index (χ1n) is 17.5. The number of guanidine groups is 3. The molecule has 1 rings (SSSR count). The zero-order chi connectivity index (χ0) is 35.7. The summed E-state index contributed by atoms with van der Waals surface area (Å²) >= 11 is 0. The van der Waals surface area contributed by atoms with Gasteiger partial charge in [-0.1, -0.05) is 57.8 Å². The second-order valence-corrected chi connectivity index (χ2v) is 11.5. The SMILES string of the molecule is CCOC(=O)c1ccc(OC(=O)CCCCCN=C(N)N)cc1.N=C(N)NCCCCCCCCNCCCCCCCCN=C(N)N. The molecule has 0 unspecified atom stereocenters. The minimum absolute atomic E-state index is 0.0777. The molecule has 0 aromatic heterocycles. The molecule has 274 valence electrons. The lowest BCUT2D eigenvalue weighted by Crippen LogP contribution is -2.30. The van der Waals surface area contributed by atoms with Gasteiger partial charge in [-0.05, 0) is 82.8 Å². The molecule has 14 heteroatoms. The molecule has 0 fully saturated rings. The van der Waals surface area contributed by atoms with Gasteiger partial charge < -0.3 is 48.8 Å². The van der Waals surface area contributed by atoms with Crippen molar-refractivity contribution in [1.82, 2.24) is 10.6 Å². The molecule has 13 N–H and O–H groups in total. The maximum absolute atomic E-state index is 11.7. The fourth-order valence-corrected chi connectivity index (χ4v) is 4.53. The van der Waals surface area contributed by atoms with E-state index in [9.17, 15) is 9.59 Å². The number of esters is 2. The van der Waals surface area contributed by atoms with E-state index in [2.05, 4.69) is 20.6 Å². The van der Waals surface area contributed by atoms with Crippen molar-refractivity contribution >= 4 is 29.8 Å². The molecular weight excluding hydrogens is 612 g/mol. The predicted molar refractivity (Wildman–Crippen MR) is 196 cm³/mol. The summed E-state index contributed by atoms with van der Waals surface area (Å²) in [7, 11) is 0. The lowest BCUT2D eigenvalue weighted by atomic mass is 10.1. The Kier molecular flexibility index (Phi) is 28.9. The zero-order valence-electron chi connectivity index (χ0n) is 29.3. The van der Waals surface area contributed by atoms with E-state index in [0.717, 1.165) is 51.9 Å². The Hall–Kier alpha value is -4.07. The summed E-state index contributed by atoms with van der Waals surface area (Å²) < 4.78 is 10.1. The number of carbonyl (C=O) groups is 2. The Morgan fingerprint density at radius 1 is 0.667 bits per heavy atom. The van der Waals surface area contributed by atoms with Crippen molar-refractivity contribution in [3.63, 3.8) is 0 Å². The highest BCUT2D eigenvalue weighted by molar-refractivity contribution is 5.89. The molecule has 1 aromatic rings. The Balaban J connectivity index is 0.000000923. The first kappa shape index (κ1) is 43.9. The molecule has 0 heterocycles. The summed E-state index contributed by atoms with van der Waals surface area (Å²) in [5.41, 5.74) is 26.6. The predicted octanol–water partition coefficient (Wildman–Crippen LogP) is 3.62. The minimum atomic E-state index is -0.397. The molecule has 0 bridgehead atoms. The van der Waals surface area contributed by atoms with Crippen LogP contribution < -0.4 is 44.0 Å². The van der Waals surface area contributed by atoms with Crippen molar-refractivity contribution in [2.45, 2.75) is 110 Å². The summed E-state index contributed by atoms with van der Waals surface area (Å²) in [6, 6.07) is 6.28. The monoisotopic (exact) mass is 677 g/mol. The van der Waals surface area contributed by atoms with Crippen LogP contribution in [0.4, 0.5) is 0 Å². The molecular formula is C34H64N10O4. The number of rotatable bonds is 27. The van der Waals surface area contributed by atoms with Gasteiger partial charge in [-0.15, -0.1) is 0 Å². The lowest BCUT2D eigenvalue weighted by molar-refractivity contribution is -0.134. The second-order valence-electron chi connectivity index (χ2n) is 11.5. The number of nitrogens with two attached hydrogens (primary N) is 5. The van der Waals surface area contributed by atoms with E-state index in [-0.39, 0.29) is 23.8 Å². The van der Waals surface area contributed by atoms with Crippen LogP contribution in [0.15, 0.2) is 34.3 Å². The summed E-state index contributed by atoms with van der Waals surface area (Å²) in [6.07, 6.45) is 17.7. The van der Waals surface area contributed by atoms with E-state index in [0.29, 0.717) is 37.3 Å². The number of nitrogens with zero attached hydrogens (tertiary/aromatic N) is 2. The highest BCUT2D eigenvalue weighted by Crippen LogP contribution is 2.14. The fourth-order valence-electron chi connectivity index (χ4n) is 4.53. The van der Waals surface area contributed by atoms with E-state index in [1.807, 2.05) is 0 Å². The van der Waals surface area contributed by atoms with E-state index >= 15 is 0 Å². The normalized spacial score (nSPS) is 10.3. The van der Waals surface area contributed by atoms with E-state index in [4.69, 9.17) is 43.6 Å². The summed E-state index contributed by atoms with van der Waals surface area (Å²) in [4.78, 5) is 31.0. The smallest absolute Gasteiger partial charge is 0.338 e. The van der Waals surface area contributed by atoms with Gasteiger partial charge in [-0.2, -0.15) is 0 Å². The van der Waals surface area contributed by atoms with Crippen LogP contribution in [0.5, 0.6) is 5.75 Å². The van der Waals surface area contributed by atoms with Crippen LogP contribution in [0, 0.1) is 5.41 Å². The third kappa shape index (κ3) is 30.6. The molecule has 0 spiro atoms. The molecule has 0 saturated carbocycles. The van der Waals surface area contributed by atoms with Crippen molar-refractivity contribution in [2.75, 3.05) is 39.3 Å². The van der Waals surface area contributed by atoms with Gasteiger partial charge in [0, 0.05) is 26.1 Å². The number of hydrogen-bond acceptors (Lipinski definition) is 8. The molecule has 0 aliphatic carbocycles. The van der Waals surface area contributed by atoms with Gasteiger partial charge in [-0.3, -0.25) is 20.2 Å². The molecule has 0 saturated heterocycles. The molecule has 14 nitrogen and oxygen atoms in total. The molecule has 0 radical (unpaired) electrons. The first-order valence-corrected chi connectivity index (χ1v) is 17.5. The lowest BCUT2D eigenvalue weighted by Gasteiger charge is -2.06. The number of hydrogen-bond donors (Lipinski definition) is 8. The Morgan fingerprint density at radius 2 is 1.12 bits per heavy atom. The summed E-state index contributed by atoms with van der Waals surface area (Å²) in [6.45, 7) is 6.50. The zero-order valence-corrected chi connectivity index (χ0v) is 29.3. The van der Waals surface area contributed by atoms with E-state index in [1.54, 1.807) is 31.2 Å². The van der Waals surface area contributed by atoms with Gasteiger partial charge in [0.15, 0.2) is 17.9 Å². The van der Waals surface area contributed by atoms with Crippen molar-refractivity contribution in [1.29, 1.82) is 5.41 Å². The first-order chi connectivity index (χ1) is 23.1. The highest BCUT2D eigenvalue weighted by atomic mass is 16.5. The van der Waals surface area contributed by atoms with Crippen LogP contribution >= 0.6 is 0 Å². The Bertz CT molecular complexity index is 1030. The molecule has 1 aromatic carbocycles. The Morgan fingerprint density at radius 3 is 1.60 bits per heavy atom. The molecule has 0 aliphatic rings. The van der Waals surface area contributed by atoms with Gasteiger partial charge in [0.1, 0.15) is 5.75 Å². The van der Waals surface area contributed by atoms with Crippen LogP contribution in [0.25, 0.3) is 0 Å². The van der Waals surface area contributed by atoms with Crippen LogP contribution in [-0.2, 0) is 9.53 Å². The quantitative estimate of drug-likeness (QED) is 0.0219. The van der Waals surface area contributed by atoms with Gasteiger partial charge in [0.25, 0.3) is 0 Å².